The first kappa shape index (κ1) is 9.40. The Kier molecular flexibility index (Phi) is 9.47. The summed E-state index contributed by atoms with van der Waals surface area (Å²) in [6.07, 6.45) is 0. The Morgan fingerprint density at radius 1 is 1.80 bits per heavy atom. The minimum absolute atomic E-state index is 0. The topological polar surface area (TPSA) is 43.1 Å². The van der Waals surface area contributed by atoms with Crippen LogP contribution in [0.5, 0.6) is 0 Å². The van der Waals surface area contributed by atoms with E-state index in [0.29, 0.717) is 0 Å². The second kappa shape index (κ2) is 5.04. The normalized spacial score (nSPS) is 5.00. The van der Waals surface area contributed by atoms with E-state index >= 15 is 0 Å². The van der Waals surface area contributed by atoms with E-state index in [0.717, 1.165) is 7.05 Å². The third-order valence-electron chi connectivity index (χ3n) is 0. The molecule has 0 aliphatic rings. The fraction of sp³-hybridized carbons (Fsp3) is 1.00. The van der Waals surface area contributed by atoms with E-state index in [2.05, 4.69) is 0 Å². The van der Waals surface area contributed by atoms with Crippen molar-refractivity contribution in [2.75, 3.05) is 7.05 Å². The van der Waals surface area contributed by atoms with Gasteiger partial charge in [-0.15, -0.1) is 0 Å². The number of rotatable bonds is 0. The summed E-state index contributed by atoms with van der Waals surface area (Å²) in [6.45, 7) is 0. The van der Waals surface area contributed by atoms with E-state index in [9.17, 15) is 0 Å². The van der Waals surface area contributed by atoms with Gasteiger partial charge in [-0.2, -0.15) is 0 Å². The van der Waals surface area contributed by atoms with Crippen molar-refractivity contribution in [3.63, 3.8) is 0 Å². The third-order valence-corrected chi connectivity index (χ3v) is 0. The molecule has 0 spiro atoms. The van der Waals surface area contributed by atoms with Crippen molar-refractivity contribution in [1.29, 1.82) is 0 Å². The van der Waals surface area contributed by atoms with Crippen molar-refractivity contribution in [2.24, 2.45) is 0 Å². The Morgan fingerprint density at radius 2 is 1.80 bits per heavy atom. The molecule has 0 bridgehead atoms. The standard InChI is InChI=1S/CH3NO2.K/c1-2(3)4;/h1H3;. The van der Waals surface area contributed by atoms with Gasteiger partial charge in [0.15, 0.2) is 7.05 Å². The van der Waals surface area contributed by atoms with E-state index in [1.807, 2.05) is 0 Å². The fourth-order valence-electron chi connectivity index (χ4n) is 0. The molecule has 0 atom stereocenters. The summed E-state index contributed by atoms with van der Waals surface area (Å²) in [5.74, 6) is 0. The van der Waals surface area contributed by atoms with Crippen LogP contribution in [-0.4, -0.2) is 63.4 Å². The Hall–Kier alpha value is 1.04. The summed E-state index contributed by atoms with van der Waals surface area (Å²) in [5.41, 5.74) is 0. The SMILES string of the molecule is C[N+](=O)[O-].[K]. The first-order valence-corrected chi connectivity index (χ1v) is 0.812. The molecule has 0 N–H and O–H groups in total. The minimum Gasteiger partial charge on any atom is -0.265 e. The molecule has 0 heterocycles. The molecule has 0 unspecified atom stereocenters. The molecule has 4 heteroatoms. The smallest absolute Gasteiger partial charge is 0.194 e. The summed E-state index contributed by atoms with van der Waals surface area (Å²) in [5, 5.41) is 8.81. The van der Waals surface area contributed by atoms with Gasteiger partial charge in [-0.05, 0) is 0 Å². The number of nitrogens with zero attached hydrogens (tertiary/aromatic N) is 1. The Bertz CT molecular complexity index is 32.6. The zero-order chi connectivity index (χ0) is 3.58. The average molecular weight is 100 g/mol. The molecule has 0 saturated carbocycles. The molecule has 0 aromatic carbocycles. The largest absolute Gasteiger partial charge is 0.265 e. The number of nitro groups is 1. The van der Waals surface area contributed by atoms with Crippen LogP contribution in [0.4, 0.5) is 0 Å². The van der Waals surface area contributed by atoms with Crippen LogP contribution in [0.2, 0.25) is 0 Å². The molecule has 5 heavy (non-hydrogen) atoms. The first-order chi connectivity index (χ1) is 1.73. The summed E-state index contributed by atoms with van der Waals surface area (Å²) < 4.78 is 0. The molecule has 0 amide bonds. The van der Waals surface area contributed by atoms with E-state index in [1.54, 1.807) is 0 Å². The summed E-state index contributed by atoms with van der Waals surface area (Å²) >= 11 is 0. The van der Waals surface area contributed by atoms with Crippen molar-refractivity contribution >= 4 is 51.4 Å². The maximum Gasteiger partial charge on any atom is 0.194 e. The Labute approximate surface area is 72.3 Å². The number of hydrogen-bond acceptors (Lipinski definition) is 2. The van der Waals surface area contributed by atoms with Crippen LogP contribution >= 0.6 is 0 Å². The van der Waals surface area contributed by atoms with Gasteiger partial charge in [0.05, 0.1) is 0 Å². The molecule has 3 nitrogen and oxygen atoms in total. The summed E-state index contributed by atoms with van der Waals surface area (Å²) in [6, 6.07) is 0. The van der Waals surface area contributed by atoms with Crippen LogP contribution in [-0.2, 0) is 0 Å². The van der Waals surface area contributed by atoms with Gasteiger partial charge >= 0.3 is 0 Å². The zero-order valence-corrected chi connectivity index (χ0v) is 6.39. The monoisotopic (exact) mass is 100.0 g/mol. The van der Waals surface area contributed by atoms with E-state index < -0.39 is 4.92 Å². The second-order valence-electron chi connectivity index (χ2n) is 0.440. The summed E-state index contributed by atoms with van der Waals surface area (Å²) in [4.78, 5) is 8.31. The molecular weight excluding hydrogens is 97.1 g/mol. The molecule has 0 aromatic heterocycles. The predicted octanol–water partition coefficient (Wildman–Crippen LogP) is -0.488. The maximum absolute atomic E-state index is 8.81. The molecular formula is CH3KNO2. The van der Waals surface area contributed by atoms with Crippen molar-refractivity contribution in [3.05, 3.63) is 10.1 Å². The van der Waals surface area contributed by atoms with Gasteiger partial charge in [-0.3, -0.25) is 10.1 Å². The van der Waals surface area contributed by atoms with Gasteiger partial charge in [0, 0.05) is 56.3 Å². The molecule has 1 radical (unpaired) electrons. The van der Waals surface area contributed by atoms with Crippen LogP contribution in [0.1, 0.15) is 0 Å². The van der Waals surface area contributed by atoms with Crippen molar-refractivity contribution in [3.8, 4) is 0 Å². The van der Waals surface area contributed by atoms with Crippen LogP contribution < -0.4 is 0 Å². The van der Waals surface area contributed by atoms with Crippen LogP contribution in [0.25, 0.3) is 0 Å². The first-order valence-electron chi connectivity index (χ1n) is 0.812. The Balaban J connectivity index is 0. The molecule has 0 aromatic rings. The van der Waals surface area contributed by atoms with Crippen LogP contribution in [0, 0.1) is 10.1 Å². The van der Waals surface area contributed by atoms with Gasteiger partial charge in [-0.25, -0.2) is 0 Å². The van der Waals surface area contributed by atoms with Gasteiger partial charge in [-0.1, -0.05) is 0 Å². The van der Waals surface area contributed by atoms with Crippen LogP contribution in [0.3, 0.4) is 0 Å². The maximum atomic E-state index is 8.81. The van der Waals surface area contributed by atoms with Crippen LogP contribution in [0.15, 0.2) is 0 Å². The molecule has 0 aliphatic carbocycles. The molecule has 0 rings (SSSR count). The van der Waals surface area contributed by atoms with Gasteiger partial charge in [0.2, 0.25) is 0 Å². The van der Waals surface area contributed by atoms with Gasteiger partial charge in [0.25, 0.3) is 0 Å². The second-order valence-corrected chi connectivity index (χ2v) is 0.440. The quantitative estimate of drug-likeness (QED) is 0.234. The molecule has 0 saturated heterocycles. The van der Waals surface area contributed by atoms with Crippen molar-refractivity contribution < 1.29 is 4.92 Å². The molecule has 0 aliphatic heterocycles. The van der Waals surface area contributed by atoms with E-state index in [4.69, 9.17) is 10.1 Å². The van der Waals surface area contributed by atoms with E-state index in [-0.39, 0.29) is 51.4 Å². The fourth-order valence-corrected chi connectivity index (χ4v) is 0. The average Bonchev–Trinajstić information content (AvgIpc) is 0.811. The van der Waals surface area contributed by atoms with E-state index in [1.165, 1.54) is 0 Å². The van der Waals surface area contributed by atoms with Gasteiger partial charge in [0.1, 0.15) is 0 Å². The Morgan fingerprint density at radius 3 is 1.80 bits per heavy atom. The van der Waals surface area contributed by atoms with Crippen molar-refractivity contribution in [1.82, 2.24) is 0 Å². The predicted molar refractivity (Wildman–Crippen MR) is 18.7 cm³/mol. The van der Waals surface area contributed by atoms with Crippen molar-refractivity contribution in [2.45, 2.75) is 0 Å². The third kappa shape index (κ3) is 43.2. The van der Waals surface area contributed by atoms with Gasteiger partial charge < -0.3 is 0 Å². The molecule has 25 valence electrons. The summed E-state index contributed by atoms with van der Waals surface area (Å²) in [7, 11) is 0.889. The number of hydrogen-bond donors (Lipinski definition) is 0. The zero-order valence-electron chi connectivity index (χ0n) is 3.26. The minimum atomic E-state index is -0.500. The molecule has 0 fully saturated rings.